The van der Waals surface area contributed by atoms with Gasteiger partial charge in [0.2, 0.25) is 11.8 Å². The Morgan fingerprint density at radius 1 is 0.974 bits per heavy atom. The van der Waals surface area contributed by atoms with Gasteiger partial charge in [-0.05, 0) is 87.0 Å². The number of sulfonamides is 1. The van der Waals surface area contributed by atoms with Crippen LogP contribution in [0.3, 0.4) is 0 Å². The molecular weight excluding hydrogens is 606 g/mol. The van der Waals surface area contributed by atoms with Crippen LogP contribution in [0.1, 0.15) is 26.3 Å². The third-order valence-electron chi connectivity index (χ3n) is 5.90. The lowest BCUT2D eigenvalue weighted by Crippen LogP contribution is -2.51. The summed E-state index contributed by atoms with van der Waals surface area (Å²) in [6.45, 7) is 5.69. The Morgan fingerprint density at radius 3 is 2.15 bits per heavy atom. The van der Waals surface area contributed by atoms with E-state index in [1.54, 1.807) is 38.1 Å². The zero-order valence-corrected chi connectivity index (χ0v) is 25.1. The Kier molecular flexibility index (Phi) is 10.8. The molecule has 1 N–H and O–H groups in total. The van der Waals surface area contributed by atoms with Crippen molar-refractivity contribution in [2.45, 2.75) is 38.3 Å². The molecule has 208 valence electrons. The third-order valence-corrected chi connectivity index (χ3v) is 8.47. The molecule has 0 saturated heterocycles. The molecule has 0 bridgehead atoms. The van der Waals surface area contributed by atoms with E-state index in [1.165, 1.54) is 29.2 Å². The van der Waals surface area contributed by atoms with Crippen molar-refractivity contribution >= 4 is 55.1 Å². The molecule has 3 aromatic carbocycles. The molecule has 0 aliphatic carbocycles. The number of benzene rings is 3. The summed E-state index contributed by atoms with van der Waals surface area (Å²) in [5.74, 6) is -0.308. The number of hydrogen-bond donors (Lipinski definition) is 1. The predicted molar refractivity (Wildman–Crippen MR) is 156 cm³/mol. The summed E-state index contributed by atoms with van der Waals surface area (Å²) < 4.78 is 35.0. The van der Waals surface area contributed by atoms with Crippen LogP contribution >= 0.6 is 27.5 Å². The highest BCUT2D eigenvalue weighted by molar-refractivity contribution is 9.10. The molecule has 2 amide bonds. The van der Waals surface area contributed by atoms with E-state index in [-0.39, 0.29) is 23.0 Å². The first kappa shape index (κ1) is 30.5. The fourth-order valence-corrected chi connectivity index (χ4v) is 5.63. The smallest absolute Gasteiger partial charge is 0.264 e. The number of halogens is 2. The van der Waals surface area contributed by atoms with Gasteiger partial charge in [0, 0.05) is 22.6 Å². The quantitative estimate of drug-likeness (QED) is 0.293. The molecule has 3 aromatic rings. The molecular formula is C28H31BrClN3O5S. The van der Waals surface area contributed by atoms with Crippen LogP contribution in [0, 0.1) is 0 Å². The van der Waals surface area contributed by atoms with Crippen LogP contribution in [0.15, 0.2) is 82.2 Å². The molecule has 1 unspecified atom stereocenters. The second kappa shape index (κ2) is 13.8. The van der Waals surface area contributed by atoms with Gasteiger partial charge in [0.1, 0.15) is 18.3 Å². The number of ether oxygens (including phenoxy) is 1. The lowest BCUT2D eigenvalue weighted by Gasteiger charge is -2.32. The second-order valence-electron chi connectivity index (χ2n) is 8.61. The Labute approximate surface area is 243 Å². The van der Waals surface area contributed by atoms with Gasteiger partial charge in [-0.2, -0.15) is 0 Å². The number of carbonyl (C=O) groups is 2. The minimum atomic E-state index is -4.18. The van der Waals surface area contributed by atoms with Crippen LogP contribution in [-0.2, 0) is 26.2 Å². The number of anilines is 1. The van der Waals surface area contributed by atoms with Gasteiger partial charge in [-0.1, -0.05) is 39.7 Å². The Hall–Kier alpha value is -3.08. The van der Waals surface area contributed by atoms with E-state index >= 15 is 0 Å². The van der Waals surface area contributed by atoms with Gasteiger partial charge in [-0.3, -0.25) is 13.9 Å². The minimum Gasteiger partial charge on any atom is -0.494 e. The van der Waals surface area contributed by atoms with Crippen molar-refractivity contribution in [3.8, 4) is 5.75 Å². The molecule has 0 heterocycles. The van der Waals surface area contributed by atoms with E-state index in [2.05, 4.69) is 21.2 Å². The number of amides is 2. The fraction of sp³-hybridized carbons (Fsp3) is 0.286. The van der Waals surface area contributed by atoms with Crippen molar-refractivity contribution in [1.29, 1.82) is 0 Å². The molecule has 0 saturated carbocycles. The van der Waals surface area contributed by atoms with Crippen molar-refractivity contribution in [3.63, 3.8) is 0 Å². The van der Waals surface area contributed by atoms with Crippen molar-refractivity contribution in [1.82, 2.24) is 10.2 Å². The number of nitrogens with zero attached hydrogens (tertiary/aromatic N) is 2. The average Bonchev–Trinajstić information content (AvgIpc) is 2.92. The molecule has 0 aliphatic heterocycles. The van der Waals surface area contributed by atoms with Crippen LogP contribution in [0.5, 0.6) is 5.75 Å². The summed E-state index contributed by atoms with van der Waals surface area (Å²) in [5, 5.41) is 3.12. The largest absolute Gasteiger partial charge is 0.494 e. The molecule has 11 heteroatoms. The molecule has 3 rings (SSSR count). The van der Waals surface area contributed by atoms with Crippen LogP contribution < -0.4 is 14.4 Å². The lowest BCUT2D eigenvalue weighted by molar-refractivity contribution is -0.139. The number of carbonyl (C=O) groups excluding carboxylic acids is 2. The third kappa shape index (κ3) is 7.97. The van der Waals surface area contributed by atoms with Gasteiger partial charge in [0.15, 0.2) is 0 Å². The van der Waals surface area contributed by atoms with Crippen molar-refractivity contribution in [3.05, 3.63) is 87.9 Å². The molecule has 8 nitrogen and oxygen atoms in total. The van der Waals surface area contributed by atoms with Gasteiger partial charge in [-0.15, -0.1) is 0 Å². The Balaban J connectivity index is 2.02. The van der Waals surface area contributed by atoms with E-state index in [4.69, 9.17) is 16.3 Å². The first-order valence-corrected chi connectivity index (χ1v) is 15.0. The zero-order valence-electron chi connectivity index (χ0n) is 21.9. The number of nitrogens with one attached hydrogen (secondary N) is 1. The van der Waals surface area contributed by atoms with Gasteiger partial charge >= 0.3 is 0 Å². The number of hydrogen-bond acceptors (Lipinski definition) is 5. The summed E-state index contributed by atoms with van der Waals surface area (Å²) in [6, 6.07) is 18.7. The maximum Gasteiger partial charge on any atom is 0.264 e. The van der Waals surface area contributed by atoms with Gasteiger partial charge in [-0.25, -0.2) is 8.42 Å². The molecule has 0 aromatic heterocycles. The average molecular weight is 637 g/mol. The molecule has 0 spiro atoms. The summed E-state index contributed by atoms with van der Waals surface area (Å²) in [5.41, 5.74) is 1.06. The Bertz CT molecular complexity index is 1370. The lowest BCUT2D eigenvalue weighted by atomic mass is 10.1. The standard InChI is InChI=1S/C28H31BrClN3O5S/c1-4-31-28(35)20(3)32(18-21-6-8-22(29)9-7-21)27(34)19-33(24-12-14-25(15-13-24)38-5-2)39(36,37)26-16-10-23(30)11-17-26/h6-17,20H,4-5,18-19H2,1-3H3,(H,31,35). The Morgan fingerprint density at radius 2 is 1.59 bits per heavy atom. The van der Waals surface area contributed by atoms with Crippen LogP contribution in [-0.4, -0.2) is 50.9 Å². The second-order valence-corrected chi connectivity index (χ2v) is 11.8. The normalized spacial score (nSPS) is 11.9. The zero-order chi connectivity index (χ0) is 28.6. The molecule has 0 fully saturated rings. The highest BCUT2D eigenvalue weighted by Crippen LogP contribution is 2.27. The molecule has 0 aliphatic rings. The van der Waals surface area contributed by atoms with E-state index in [9.17, 15) is 18.0 Å². The van der Waals surface area contributed by atoms with Gasteiger partial charge in [0.25, 0.3) is 10.0 Å². The monoisotopic (exact) mass is 635 g/mol. The summed E-state index contributed by atoms with van der Waals surface area (Å²) in [6.07, 6.45) is 0. The first-order chi connectivity index (χ1) is 18.6. The number of likely N-dealkylation sites (N-methyl/N-ethyl adjacent to an activating group) is 1. The minimum absolute atomic E-state index is 0.0233. The highest BCUT2D eigenvalue weighted by atomic mass is 79.9. The molecule has 39 heavy (non-hydrogen) atoms. The van der Waals surface area contributed by atoms with Gasteiger partial charge < -0.3 is 15.0 Å². The van der Waals surface area contributed by atoms with E-state index < -0.39 is 28.5 Å². The van der Waals surface area contributed by atoms with Crippen molar-refractivity contribution in [2.24, 2.45) is 0 Å². The number of rotatable bonds is 12. The van der Waals surface area contributed by atoms with Gasteiger partial charge in [0.05, 0.1) is 17.2 Å². The van der Waals surface area contributed by atoms with Crippen LogP contribution in [0.2, 0.25) is 5.02 Å². The summed E-state index contributed by atoms with van der Waals surface area (Å²) in [4.78, 5) is 28.0. The SMILES string of the molecule is CCNC(=O)C(C)N(Cc1ccc(Br)cc1)C(=O)CN(c1ccc(OCC)cc1)S(=O)(=O)c1ccc(Cl)cc1. The first-order valence-electron chi connectivity index (χ1n) is 12.4. The predicted octanol–water partition coefficient (Wildman–Crippen LogP) is 5.25. The summed E-state index contributed by atoms with van der Waals surface area (Å²) >= 11 is 9.38. The highest BCUT2D eigenvalue weighted by Gasteiger charge is 2.32. The fourth-order valence-electron chi connectivity index (χ4n) is 3.83. The maximum absolute atomic E-state index is 13.8. The van der Waals surface area contributed by atoms with Crippen LogP contribution in [0.4, 0.5) is 5.69 Å². The van der Waals surface area contributed by atoms with Crippen LogP contribution in [0.25, 0.3) is 0 Å². The van der Waals surface area contributed by atoms with E-state index in [1.807, 2.05) is 31.2 Å². The van der Waals surface area contributed by atoms with Crippen molar-refractivity contribution < 1.29 is 22.7 Å². The van der Waals surface area contributed by atoms with E-state index in [0.29, 0.717) is 23.9 Å². The maximum atomic E-state index is 13.8. The topological polar surface area (TPSA) is 96.0 Å². The molecule has 1 atom stereocenters. The summed E-state index contributed by atoms with van der Waals surface area (Å²) in [7, 11) is -4.18. The van der Waals surface area contributed by atoms with Crippen molar-refractivity contribution in [2.75, 3.05) is 24.0 Å². The molecule has 0 radical (unpaired) electrons. The van der Waals surface area contributed by atoms with E-state index in [0.717, 1.165) is 14.3 Å².